The lowest BCUT2D eigenvalue weighted by Gasteiger charge is -2.38. The van der Waals surface area contributed by atoms with E-state index in [9.17, 15) is 4.79 Å². The summed E-state index contributed by atoms with van der Waals surface area (Å²) in [5.74, 6) is 2.19. The molecule has 1 saturated heterocycles. The van der Waals surface area contributed by atoms with E-state index in [1.165, 1.54) is 0 Å². The minimum Gasteiger partial charge on any atom is -0.490 e. The first-order chi connectivity index (χ1) is 12.5. The van der Waals surface area contributed by atoms with E-state index in [1.54, 1.807) is 12.1 Å². The Balaban J connectivity index is 2.39. The first kappa shape index (κ1) is 20.4. The number of rotatable bonds is 8. The molecule has 26 heavy (non-hydrogen) atoms. The van der Waals surface area contributed by atoms with Crippen molar-refractivity contribution in [3.05, 3.63) is 17.7 Å². The average Bonchev–Trinajstić information content (AvgIpc) is 2.63. The monoisotopic (exact) mass is 364 g/mol. The van der Waals surface area contributed by atoms with Gasteiger partial charge in [0.25, 0.3) is 5.91 Å². The lowest BCUT2D eigenvalue weighted by molar-refractivity contribution is 0.0572. The first-order valence-corrected chi connectivity index (χ1v) is 9.63. The Morgan fingerprint density at radius 1 is 1.12 bits per heavy atom. The highest BCUT2D eigenvalue weighted by Crippen LogP contribution is 2.39. The van der Waals surface area contributed by atoms with E-state index in [0.29, 0.717) is 55.1 Å². The standard InChI is InChI=1S/C20H32N2O4/c1-5-24-17-11-15(12-18(25-6-2)19(17)26-7-3)20(23)22-9-8-14(4)10-16(22)13-21/h11-12,14,16H,5-10,13,21H2,1-4H3. The summed E-state index contributed by atoms with van der Waals surface area (Å²) in [4.78, 5) is 15.1. The number of nitrogens with zero attached hydrogens (tertiary/aromatic N) is 1. The van der Waals surface area contributed by atoms with Gasteiger partial charge in [-0.15, -0.1) is 0 Å². The van der Waals surface area contributed by atoms with Crippen LogP contribution in [-0.4, -0.2) is 49.8 Å². The van der Waals surface area contributed by atoms with Crippen LogP contribution in [-0.2, 0) is 0 Å². The van der Waals surface area contributed by atoms with E-state index in [-0.39, 0.29) is 11.9 Å². The Bertz CT molecular complexity index is 578. The molecule has 0 bridgehead atoms. The topological polar surface area (TPSA) is 74.0 Å². The van der Waals surface area contributed by atoms with E-state index < -0.39 is 0 Å². The summed E-state index contributed by atoms with van der Waals surface area (Å²) in [7, 11) is 0. The van der Waals surface area contributed by atoms with Crippen molar-refractivity contribution in [3.63, 3.8) is 0 Å². The zero-order chi connectivity index (χ0) is 19.1. The van der Waals surface area contributed by atoms with Crippen LogP contribution >= 0.6 is 0 Å². The summed E-state index contributed by atoms with van der Waals surface area (Å²) >= 11 is 0. The quantitative estimate of drug-likeness (QED) is 0.767. The summed E-state index contributed by atoms with van der Waals surface area (Å²) in [6.45, 7) is 10.6. The Hall–Kier alpha value is -1.95. The van der Waals surface area contributed by atoms with Gasteiger partial charge in [0.05, 0.1) is 19.8 Å². The predicted molar refractivity (Wildman–Crippen MR) is 102 cm³/mol. The fourth-order valence-corrected chi connectivity index (χ4v) is 3.42. The van der Waals surface area contributed by atoms with Crippen LogP contribution in [0, 0.1) is 5.92 Å². The van der Waals surface area contributed by atoms with Gasteiger partial charge in [-0.05, 0) is 51.7 Å². The Morgan fingerprint density at radius 3 is 2.19 bits per heavy atom. The van der Waals surface area contributed by atoms with Crippen LogP contribution in [0.3, 0.4) is 0 Å². The van der Waals surface area contributed by atoms with Crippen LogP contribution in [0.5, 0.6) is 17.2 Å². The Labute approximate surface area is 156 Å². The SMILES string of the molecule is CCOc1cc(C(=O)N2CCC(C)CC2CN)cc(OCC)c1OCC. The number of hydrogen-bond acceptors (Lipinski definition) is 5. The van der Waals surface area contributed by atoms with Gasteiger partial charge in [-0.25, -0.2) is 0 Å². The lowest BCUT2D eigenvalue weighted by Crippen LogP contribution is -2.49. The van der Waals surface area contributed by atoms with Gasteiger partial charge in [-0.1, -0.05) is 6.92 Å². The molecule has 0 aliphatic carbocycles. The van der Waals surface area contributed by atoms with Crippen molar-refractivity contribution in [2.45, 2.75) is 46.6 Å². The third-order valence-corrected chi connectivity index (χ3v) is 4.67. The van der Waals surface area contributed by atoms with Gasteiger partial charge in [0, 0.05) is 24.7 Å². The van der Waals surface area contributed by atoms with Crippen LogP contribution in [0.15, 0.2) is 12.1 Å². The molecule has 0 spiro atoms. The summed E-state index contributed by atoms with van der Waals surface area (Å²) in [6, 6.07) is 3.58. The molecule has 0 aromatic heterocycles. The maximum absolute atomic E-state index is 13.2. The van der Waals surface area contributed by atoms with E-state index >= 15 is 0 Å². The molecule has 6 nitrogen and oxygen atoms in total. The van der Waals surface area contributed by atoms with Gasteiger partial charge in [-0.3, -0.25) is 4.79 Å². The van der Waals surface area contributed by atoms with Crippen LogP contribution in [0.2, 0.25) is 0 Å². The van der Waals surface area contributed by atoms with Crippen molar-refractivity contribution in [1.29, 1.82) is 0 Å². The largest absolute Gasteiger partial charge is 0.490 e. The molecular formula is C20H32N2O4. The zero-order valence-corrected chi connectivity index (χ0v) is 16.4. The van der Waals surface area contributed by atoms with E-state index in [0.717, 1.165) is 19.4 Å². The van der Waals surface area contributed by atoms with E-state index in [1.807, 2.05) is 25.7 Å². The molecule has 1 fully saturated rings. The maximum Gasteiger partial charge on any atom is 0.254 e. The second kappa shape index (κ2) is 9.67. The molecule has 1 aromatic rings. The predicted octanol–water partition coefficient (Wildman–Crippen LogP) is 3.08. The highest BCUT2D eigenvalue weighted by Gasteiger charge is 2.30. The number of carbonyl (C=O) groups is 1. The first-order valence-electron chi connectivity index (χ1n) is 9.63. The molecule has 1 aliphatic heterocycles. The molecule has 2 rings (SSSR count). The van der Waals surface area contributed by atoms with Gasteiger partial charge in [-0.2, -0.15) is 0 Å². The fourth-order valence-electron chi connectivity index (χ4n) is 3.42. The molecule has 6 heteroatoms. The smallest absolute Gasteiger partial charge is 0.254 e. The molecule has 0 saturated carbocycles. The van der Waals surface area contributed by atoms with Crippen molar-refractivity contribution in [2.75, 3.05) is 32.9 Å². The molecule has 0 radical (unpaired) electrons. The minimum atomic E-state index is -0.0303. The number of carbonyl (C=O) groups excluding carboxylic acids is 1. The summed E-state index contributed by atoms with van der Waals surface area (Å²) in [6.07, 6.45) is 1.94. The number of benzene rings is 1. The van der Waals surface area contributed by atoms with Gasteiger partial charge in [0.1, 0.15) is 0 Å². The van der Waals surface area contributed by atoms with E-state index in [4.69, 9.17) is 19.9 Å². The molecular weight excluding hydrogens is 332 g/mol. The van der Waals surface area contributed by atoms with Gasteiger partial charge >= 0.3 is 0 Å². The number of nitrogens with two attached hydrogens (primary N) is 1. The van der Waals surface area contributed by atoms with Crippen molar-refractivity contribution in [3.8, 4) is 17.2 Å². The number of likely N-dealkylation sites (tertiary alicyclic amines) is 1. The molecule has 2 N–H and O–H groups in total. The lowest BCUT2D eigenvalue weighted by atomic mass is 9.92. The normalized spacial score (nSPS) is 20.0. The highest BCUT2D eigenvalue weighted by atomic mass is 16.5. The van der Waals surface area contributed by atoms with Crippen molar-refractivity contribution in [1.82, 2.24) is 4.90 Å². The Kier molecular flexibility index (Phi) is 7.57. The minimum absolute atomic E-state index is 0.0303. The van der Waals surface area contributed by atoms with Crippen molar-refractivity contribution in [2.24, 2.45) is 11.7 Å². The summed E-state index contributed by atoms with van der Waals surface area (Å²) in [5.41, 5.74) is 6.48. The van der Waals surface area contributed by atoms with Crippen LogP contribution in [0.4, 0.5) is 0 Å². The molecule has 2 atom stereocenters. The second-order valence-corrected chi connectivity index (χ2v) is 6.62. The van der Waals surface area contributed by atoms with Gasteiger partial charge in [0.15, 0.2) is 11.5 Å². The van der Waals surface area contributed by atoms with Crippen molar-refractivity contribution >= 4 is 5.91 Å². The molecule has 2 unspecified atom stereocenters. The molecule has 1 heterocycles. The zero-order valence-electron chi connectivity index (χ0n) is 16.4. The second-order valence-electron chi connectivity index (χ2n) is 6.62. The maximum atomic E-state index is 13.2. The number of ether oxygens (including phenoxy) is 3. The summed E-state index contributed by atoms with van der Waals surface area (Å²) in [5, 5.41) is 0. The molecule has 146 valence electrons. The van der Waals surface area contributed by atoms with Gasteiger partial charge < -0.3 is 24.8 Å². The van der Waals surface area contributed by atoms with Crippen LogP contribution in [0.25, 0.3) is 0 Å². The summed E-state index contributed by atoms with van der Waals surface area (Å²) < 4.78 is 17.2. The number of hydrogen-bond donors (Lipinski definition) is 1. The number of piperidine rings is 1. The molecule has 1 aromatic carbocycles. The molecule has 1 amide bonds. The third kappa shape index (κ3) is 4.61. The van der Waals surface area contributed by atoms with Crippen LogP contribution < -0.4 is 19.9 Å². The fraction of sp³-hybridized carbons (Fsp3) is 0.650. The van der Waals surface area contributed by atoms with Crippen molar-refractivity contribution < 1.29 is 19.0 Å². The van der Waals surface area contributed by atoms with Crippen LogP contribution in [0.1, 0.15) is 50.9 Å². The van der Waals surface area contributed by atoms with Gasteiger partial charge in [0.2, 0.25) is 5.75 Å². The highest BCUT2D eigenvalue weighted by molar-refractivity contribution is 5.96. The van der Waals surface area contributed by atoms with E-state index in [2.05, 4.69) is 6.92 Å². The Morgan fingerprint density at radius 2 is 1.69 bits per heavy atom. The molecule has 1 aliphatic rings. The number of amides is 1. The third-order valence-electron chi connectivity index (χ3n) is 4.67. The average molecular weight is 364 g/mol.